The minimum atomic E-state index is -1.14. The van der Waals surface area contributed by atoms with E-state index in [1.54, 1.807) is 0 Å². The highest BCUT2D eigenvalue weighted by Gasteiger charge is 2.25. The molecule has 0 N–H and O–H groups in total. The number of Topliss-reactive ketones (excluding diaryl/α,β-unsaturated/α-hetero) is 1. The van der Waals surface area contributed by atoms with Crippen LogP contribution in [0, 0.1) is 0 Å². The fourth-order valence-electron chi connectivity index (χ4n) is 2.16. The highest BCUT2D eigenvalue weighted by Crippen LogP contribution is 2.47. The van der Waals surface area contributed by atoms with Crippen molar-refractivity contribution >= 4 is 18.4 Å². The summed E-state index contributed by atoms with van der Waals surface area (Å²) in [6, 6.07) is 17.5. The zero-order valence-electron chi connectivity index (χ0n) is 12.9. The van der Waals surface area contributed by atoms with Gasteiger partial charge >= 0.3 is 0 Å². The Bertz CT molecular complexity index is 600. The van der Waals surface area contributed by atoms with Gasteiger partial charge in [-0.15, -0.1) is 0 Å². The summed E-state index contributed by atoms with van der Waals surface area (Å²) in [4.78, 5) is 12.0. The van der Waals surface area contributed by atoms with Gasteiger partial charge in [-0.25, -0.2) is 0 Å². The molecule has 0 saturated carbocycles. The summed E-state index contributed by atoms with van der Waals surface area (Å²) in [6.07, 6.45) is 0.404. The minimum Gasteiger partial charge on any atom is -0.489 e. The van der Waals surface area contributed by atoms with Crippen molar-refractivity contribution in [1.82, 2.24) is 0 Å². The van der Waals surface area contributed by atoms with Gasteiger partial charge in [0.1, 0.15) is 5.30 Å². The molecule has 0 amide bonds. The minimum absolute atomic E-state index is 0.124. The highest BCUT2D eigenvalue weighted by atomic mass is 31.2. The van der Waals surface area contributed by atoms with Gasteiger partial charge in [0.05, 0.1) is 26.6 Å². The Hall–Kier alpha value is -1.66. The third kappa shape index (κ3) is 4.41. The number of benzene rings is 2. The maximum Gasteiger partial charge on any atom is 0.166 e. The number of carbonyl (C=O) groups is 1. The molecule has 0 aliphatic heterocycles. The topological polar surface area (TPSA) is 26.3 Å². The SMILES string of the molecule is C[P+](C)(C)c1ccccc1OCCC(=O)c1ccccc1. The van der Waals surface area contributed by atoms with Crippen molar-refractivity contribution in [3.63, 3.8) is 0 Å². The monoisotopic (exact) mass is 301 g/mol. The summed E-state index contributed by atoms with van der Waals surface area (Å²) in [5, 5.41) is 1.28. The van der Waals surface area contributed by atoms with Crippen molar-refractivity contribution in [2.24, 2.45) is 0 Å². The van der Waals surface area contributed by atoms with Gasteiger partial charge in [-0.05, 0) is 12.1 Å². The Morgan fingerprint density at radius 1 is 0.952 bits per heavy atom. The molecule has 0 aliphatic rings. The van der Waals surface area contributed by atoms with Gasteiger partial charge < -0.3 is 4.74 Å². The Morgan fingerprint density at radius 3 is 2.24 bits per heavy atom. The molecule has 2 aromatic carbocycles. The molecule has 0 spiro atoms. The lowest BCUT2D eigenvalue weighted by Gasteiger charge is -2.16. The standard InChI is InChI=1S/C18H22O2P/c1-21(2,3)18-12-8-7-11-17(18)20-14-13-16(19)15-9-5-4-6-10-15/h4-12H,13-14H2,1-3H3/q+1. The van der Waals surface area contributed by atoms with Gasteiger partial charge in [-0.1, -0.05) is 42.5 Å². The van der Waals surface area contributed by atoms with E-state index < -0.39 is 7.26 Å². The van der Waals surface area contributed by atoms with Crippen molar-refractivity contribution in [1.29, 1.82) is 0 Å². The van der Waals surface area contributed by atoms with Crippen LogP contribution in [0.1, 0.15) is 16.8 Å². The summed E-state index contributed by atoms with van der Waals surface area (Å²) in [5.41, 5.74) is 0.748. The van der Waals surface area contributed by atoms with Crippen LogP contribution in [0.3, 0.4) is 0 Å². The molecule has 0 saturated heterocycles. The van der Waals surface area contributed by atoms with E-state index in [9.17, 15) is 4.79 Å². The number of para-hydroxylation sites is 1. The molecular formula is C18H22O2P+. The number of ether oxygens (including phenoxy) is 1. The van der Waals surface area contributed by atoms with Crippen LogP contribution in [0.25, 0.3) is 0 Å². The van der Waals surface area contributed by atoms with Crippen molar-refractivity contribution in [2.75, 3.05) is 26.6 Å². The molecule has 0 atom stereocenters. The molecule has 2 nitrogen and oxygen atoms in total. The first-order chi connectivity index (χ1) is 9.98. The van der Waals surface area contributed by atoms with Crippen molar-refractivity contribution in [2.45, 2.75) is 6.42 Å². The van der Waals surface area contributed by atoms with Gasteiger partial charge in [0.2, 0.25) is 0 Å². The van der Waals surface area contributed by atoms with E-state index in [0.717, 1.165) is 11.3 Å². The Labute approximate surface area is 127 Å². The molecule has 0 radical (unpaired) electrons. The Balaban J connectivity index is 1.97. The van der Waals surface area contributed by atoms with E-state index in [4.69, 9.17) is 4.74 Å². The first-order valence-corrected chi connectivity index (χ1v) is 10.2. The lowest BCUT2D eigenvalue weighted by Crippen LogP contribution is -2.14. The number of rotatable bonds is 6. The molecule has 2 rings (SSSR count). The second kappa shape index (κ2) is 6.87. The van der Waals surface area contributed by atoms with Crippen LogP contribution in [0.15, 0.2) is 54.6 Å². The van der Waals surface area contributed by atoms with Crippen LogP contribution in [-0.2, 0) is 0 Å². The second-order valence-corrected chi connectivity index (χ2v) is 10.4. The molecule has 21 heavy (non-hydrogen) atoms. The third-order valence-electron chi connectivity index (χ3n) is 3.27. The van der Waals surface area contributed by atoms with E-state index in [-0.39, 0.29) is 5.78 Å². The molecule has 0 bridgehead atoms. The predicted molar refractivity (Wildman–Crippen MR) is 91.7 cm³/mol. The molecule has 0 fully saturated rings. The van der Waals surface area contributed by atoms with Gasteiger partial charge in [0.15, 0.2) is 11.5 Å². The van der Waals surface area contributed by atoms with Crippen LogP contribution in [0.2, 0.25) is 0 Å². The van der Waals surface area contributed by atoms with Crippen LogP contribution in [0.4, 0.5) is 0 Å². The Kier molecular flexibility index (Phi) is 5.14. The molecule has 0 aromatic heterocycles. The fourth-order valence-corrected chi connectivity index (χ4v) is 3.49. The molecule has 0 aliphatic carbocycles. The number of ketones is 1. The largest absolute Gasteiger partial charge is 0.489 e. The number of hydrogen-bond acceptors (Lipinski definition) is 2. The summed E-state index contributed by atoms with van der Waals surface area (Å²) in [6.45, 7) is 7.23. The summed E-state index contributed by atoms with van der Waals surface area (Å²) >= 11 is 0. The summed E-state index contributed by atoms with van der Waals surface area (Å²) in [7, 11) is -1.14. The molecule has 0 unspecified atom stereocenters. The molecule has 3 heteroatoms. The maximum atomic E-state index is 12.0. The molecule has 2 aromatic rings. The summed E-state index contributed by atoms with van der Waals surface area (Å²) in [5.74, 6) is 1.04. The zero-order chi connectivity index (χ0) is 15.3. The smallest absolute Gasteiger partial charge is 0.166 e. The molecule has 110 valence electrons. The summed E-state index contributed by atoms with van der Waals surface area (Å²) < 4.78 is 5.86. The van der Waals surface area contributed by atoms with Gasteiger partial charge in [0.25, 0.3) is 0 Å². The van der Waals surface area contributed by atoms with Gasteiger partial charge in [-0.2, -0.15) is 0 Å². The molecule has 0 heterocycles. The first-order valence-electron chi connectivity index (χ1n) is 7.10. The second-order valence-electron chi connectivity index (χ2n) is 5.87. The zero-order valence-corrected chi connectivity index (χ0v) is 13.8. The maximum absolute atomic E-state index is 12.0. The van der Waals surface area contributed by atoms with Crippen molar-refractivity contribution < 1.29 is 9.53 Å². The van der Waals surface area contributed by atoms with E-state index in [1.165, 1.54) is 5.30 Å². The van der Waals surface area contributed by atoms with Crippen LogP contribution >= 0.6 is 7.26 Å². The average Bonchev–Trinajstić information content (AvgIpc) is 2.47. The quantitative estimate of drug-likeness (QED) is 0.598. The van der Waals surface area contributed by atoms with Gasteiger partial charge in [-0.3, -0.25) is 4.79 Å². The van der Waals surface area contributed by atoms with Crippen LogP contribution < -0.4 is 10.0 Å². The van der Waals surface area contributed by atoms with E-state index in [0.29, 0.717) is 13.0 Å². The average molecular weight is 301 g/mol. The fraction of sp³-hybridized carbons (Fsp3) is 0.278. The Morgan fingerprint density at radius 2 is 1.57 bits per heavy atom. The van der Waals surface area contributed by atoms with E-state index in [1.807, 2.05) is 48.5 Å². The van der Waals surface area contributed by atoms with Gasteiger partial charge in [0, 0.05) is 19.2 Å². The normalized spacial score (nSPS) is 11.2. The predicted octanol–water partition coefficient (Wildman–Crippen LogP) is 3.87. The highest BCUT2D eigenvalue weighted by molar-refractivity contribution is 7.81. The number of carbonyl (C=O) groups excluding carboxylic acids is 1. The van der Waals surface area contributed by atoms with Crippen LogP contribution in [0.5, 0.6) is 5.75 Å². The van der Waals surface area contributed by atoms with E-state index in [2.05, 4.69) is 26.1 Å². The lowest BCUT2D eigenvalue weighted by atomic mass is 10.1. The van der Waals surface area contributed by atoms with E-state index >= 15 is 0 Å². The third-order valence-corrected chi connectivity index (χ3v) is 5.09. The van der Waals surface area contributed by atoms with Crippen LogP contribution in [-0.4, -0.2) is 32.4 Å². The van der Waals surface area contributed by atoms with Crippen molar-refractivity contribution in [3.05, 3.63) is 60.2 Å². The molecular weight excluding hydrogens is 279 g/mol. The number of hydrogen-bond donors (Lipinski definition) is 0. The van der Waals surface area contributed by atoms with Crippen molar-refractivity contribution in [3.8, 4) is 5.75 Å². The first kappa shape index (κ1) is 15.7. The lowest BCUT2D eigenvalue weighted by molar-refractivity contribution is 0.0962.